The van der Waals surface area contributed by atoms with Gasteiger partial charge in [0.1, 0.15) is 4.90 Å². The fourth-order valence-corrected chi connectivity index (χ4v) is 6.05. The van der Waals surface area contributed by atoms with Crippen molar-refractivity contribution in [1.29, 1.82) is 0 Å². The molecule has 13 heteroatoms. The summed E-state index contributed by atoms with van der Waals surface area (Å²) in [5.74, 6) is 0.281. The van der Waals surface area contributed by atoms with Crippen molar-refractivity contribution in [2.75, 3.05) is 24.5 Å². The molecule has 4 heterocycles. The number of sulfonamides is 1. The molecule has 1 aliphatic carbocycles. The third-order valence-corrected chi connectivity index (χ3v) is 8.45. The van der Waals surface area contributed by atoms with Crippen LogP contribution in [-0.4, -0.2) is 59.2 Å². The lowest BCUT2D eigenvalue weighted by Crippen LogP contribution is -2.50. The van der Waals surface area contributed by atoms with E-state index in [-0.39, 0.29) is 21.8 Å². The molecule has 3 aromatic heterocycles. The molecule has 0 bridgehead atoms. The van der Waals surface area contributed by atoms with Crippen molar-refractivity contribution in [2.45, 2.75) is 49.6 Å². The average molecular weight is 484 g/mol. The minimum absolute atomic E-state index is 0.0942. The Kier molecular flexibility index (Phi) is 5.19. The number of halogens is 2. The summed E-state index contributed by atoms with van der Waals surface area (Å²) in [4.78, 5) is 6.63. The van der Waals surface area contributed by atoms with Gasteiger partial charge in [-0.25, -0.2) is 26.9 Å². The van der Waals surface area contributed by atoms with Crippen molar-refractivity contribution in [3.63, 3.8) is 0 Å². The van der Waals surface area contributed by atoms with Crippen LogP contribution in [-0.2, 0) is 10.0 Å². The molecule has 172 valence electrons. The molecule has 1 atom stereocenters. The first-order valence-corrected chi connectivity index (χ1v) is 12.6. The Balaban J connectivity index is 1.68. The Morgan fingerprint density at radius 3 is 2.78 bits per heavy atom. The fraction of sp³-hybridized carbons (Fsp3) is 0.526. The Morgan fingerprint density at radius 1 is 1.34 bits per heavy atom. The van der Waals surface area contributed by atoms with E-state index in [0.29, 0.717) is 12.1 Å². The Hall–Kier alpha value is -2.22. The SMILES string of the molecule is C[C@H]1CNCCN1c1cc(S(=O)(=O)NC2(C)CC2)cn2c(-c3nnc(C(F)F)s3)ncc12. The molecule has 2 N–H and O–H groups in total. The fourth-order valence-electron chi connectivity index (χ4n) is 3.87. The van der Waals surface area contributed by atoms with E-state index in [9.17, 15) is 17.2 Å². The average Bonchev–Trinajstić information content (AvgIpc) is 3.14. The summed E-state index contributed by atoms with van der Waals surface area (Å²) in [7, 11) is -3.80. The summed E-state index contributed by atoms with van der Waals surface area (Å²) in [5, 5.41) is 10.5. The summed E-state index contributed by atoms with van der Waals surface area (Å²) in [5.41, 5.74) is 0.971. The van der Waals surface area contributed by atoms with Crippen LogP contribution < -0.4 is 14.9 Å². The number of piperazine rings is 1. The van der Waals surface area contributed by atoms with Crippen LogP contribution in [0.4, 0.5) is 14.5 Å². The van der Waals surface area contributed by atoms with Crippen molar-refractivity contribution in [2.24, 2.45) is 0 Å². The first kappa shape index (κ1) is 21.6. The molecule has 0 amide bonds. The number of fused-ring (bicyclic) bond motifs is 1. The number of nitrogens with one attached hydrogen (secondary N) is 2. The maximum atomic E-state index is 13.2. The van der Waals surface area contributed by atoms with Crippen LogP contribution in [0.5, 0.6) is 0 Å². The third-order valence-electron chi connectivity index (χ3n) is 5.91. The van der Waals surface area contributed by atoms with Gasteiger partial charge in [0.15, 0.2) is 15.8 Å². The van der Waals surface area contributed by atoms with Gasteiger partial charge in [-0.2, -0.15) is 0 Å². The molecule has 2 aliphatic rings. The normalized spacial score (nSPS) is 20.9. The molecule has 3 aromatic rings. The van der Waals surface area contributed by atoms with Crippen LogP contribution in [0.3, 0.4) is 0 Å². The molecule has 0 unspecified atom stereocenters. The van der Waals surface area contributed by atoms with Crippen LogP contribution in [0, 0.1) is 0 Å². The van der Waals surface area contributed by atoms with E-state index in [1.807, 2.05) is 6.92 Å². The largest absolute Gasteiger partial charge is 0.364 e. The van der Waals surface area contributed by atoms with Crippen LogP contribution in [0.2, 0.25) is 0 Å². The van der Waals surface area contributed by atoms with Crippen molar-refractivity contribution in [3.05, 3.63) is 23.5 Å². The lowest BCUT2D eigenvalue weighted by Gasteiger charge is -2.36. The number of rotatable bonds is 6. The van der Waals surface area contributed by atoms with E-state index in [2.05, 4.69) is 37.0 Å². The van der Waals surface area contributed by atoms with Crippen molar-refractivity contribution in [1.82, 2.24) is 29.6 Å². The molecule has 9 nitrogen and oxygen atoms in total. The van der Waals surface area contributed by atoms with Crippen molar-refractivity contribution < 1.29 is 17.2 Å². The summed E-state index contributed by atoms with van der Waals surface area (Å²) >= 11 is 0.745. The van der Waals surface area contributed by atoms with Gasteiger partial charge in [-0.1, -0.05) is 11.3 Å². The molecule has 1 saturated heterocycles. The second-order valence-corrected chi connectivity index (χ2v) is 11.2. The zero-order valence-corrected chi connectivity index (χ0v) is 19.2. The van der Waals surface area contributed by atoms with Gasteiger partial charge in [-0.3, -0.25) is 4.40 Å². The van der Waals surface area contributed by atoms with Gasteiger partial charge in [0, 0.05) is 37.4 Å². The quantitative estimate of drug-likeness (QED) is 0.555. The van der Waals surface area contributed by atoms with Gasteiger partial charge in [-0.15, -0.1) is 10.2 Å². The van der Waals surface area contributed by atoms with Crippen LogP contribution in [0.1, 0.15) is 38.1 Å². The van der Waals surface area contributed by atoms with E-state index in [1.54, 1.807) is 16.7 Å². The second kappa shape index (κ2) is 7.68. The number of hydrogen-bond acceptors (Lipinski definition) is 8. The predicted molar refractivity (Wildman–Crippen MR) is 117 cm³/mol. The topological polar surface area (TPSA) is 105 Å². The zero-order chi connectivity index (χ0) is 22.7. The lowest BCUT2D eigenvalue weighted by molar-refractivity contribution is 0.150. The molecule has 2 fully saturated rings. The number of hydrogen-bond donors (Lipinski definition) is 2. The number of pyridine rings is 1. The highest BCUT2D eigenvalue weighted by Gasteiger charge is 2.41. The maximum Gasteiger partial charge on any atom is 0.291 e. The standard InChI is InChI=1S/C19H23F2N7O2S2/c1-11-8-22-5-6-27(11)13-7-12(32(29,30)26-19(2)3-4-19)10-28-14(13)9-23-16(28)18-25-24-17(31-18)15(20)21/h7,9-11,15,22,26H,3-6,8H2,1-2H3/t11-/m0/s1. The van der Waals surface area contributed by atoms with Gasteiger partial charge < -0.3 is 10.2 Å². The van der Waals surface area contributed by atoms with E-state index in [0.717, 1.165) is 43.0 Å². The first-order chi connectivity index (χ1) is 15.2. The number of anilines is 1. The van der Waals surface area contributed by atoms with Crippen molar-refractivity contribution in [3.8, 4) is 10.8 Å². The molecular formula is C19H23F2N7O2S2. The van der Waals surface area contributed by atoms with Crippen LogP contribution in [0.15, 0.2) is 23.4 Å². The number of imidazole rings is 1. The summed E-state index contributed by atoms with van der Waals surface area (Å²) < 4.78 is 56.9. The molecule has 0 aromatic carbocycles. The molecular weight excluding hydrogens is 460 g/mol. The summed E-state index contributed by atoms with van der Waals surface area (Å²) in [6.07, 6.45) is 1.94. The van der Waals surface area contributed by atoms with E-state index in [1.165, 1.54) is 6.20 Å². The molecule has 1 aliphatic heterocycles. The molecule has 5 rings (SSSR count). The van der Waals surface area contributed by atoms with Gasteiger partial charge in [0.05, 0.1) is 17.4 Å². The van der Waals surface area contributed by atoms with E-state index < -0.39 is 27.0 Å². The van der Waals surface area contributed by atoms with Crippen LogP contribution in [0.25, 0.3) is 16.3 Å². The van der Waals surface area contributed by atoms with E-state index in [4.69, 9.17) is 0 Å². The second-order valence-electron chi connectivity index (χ2n) is 8.56. The maximum absolute atomic E-state index is 13.2. The van der Waals surface area contributed by atoms with Gasteiger partial charge >= 0.3 is 0 Å². The molecule has 1 saturated carbocycles. The molecule has 0 spiro atoms. The minimum atomic E-state index is -3.80. The van der Waals surface area contributed by atoms with Gasteiger partial charge in [0.2, 0.25) is 10.0 Å². The molecule has 0 radical (unpaired) electrons. The number of alkyl halides is 2. The first-order valence-electron chi connectivity index (χ1n) is 10.3. The van der Waals surface area contributed by atoms with Crippen molar-refractivity contribution >= 4 is 32.6 Å². The molecule has 32 heavy (non-hydrogen) atoms. The van der Waals surface area contributed by atoms with Gasteiger partial charge in [-0.05, 0) is 32.8 Å². The highest BCUT2D eigenvalue weighted by molar-refractivity contribution is 7.89. The van der Waals surface area contributed by atoms with Crippen LogP contribution >= 0.6 is 11.3 Å². The monoisotopic (exact) mass is 483 g/mol. The Morgan fingerprint density at radius 2 is 2.12 bits per heavy atom. The highest BCUT2D eigenvalue weighted by Crippen LogP contribution is 2.37. The zero-order valence-electron chi connectivity index (χ0n) is 17.5. The number of nitrogens with zero attached hydrogens (tertiary/aromatic N) is 5. The van der Waals surface area contributed by atoms with Gasteiger partial charge in [0.25, 0.3) is 6.43 Å². The Bertz CT molecular complexity index is 1270. The lowest BCUT2D eigenvalue weighted by atomic mass is 10.2. The third kappa shape index (κ3) is 3.87. The Labute approximate surface area is 187 Å². The number of aromatic nitrogens is 4. The smallest absolute Gasteiger partial charge is 0.291 e. The predicted octanol–water partition coefficient (Wildman–Crippen LogP) is 2.42. The summed E-state index contributed by atoms with van der Waals surface area (Å²) in [6.45, 7) is 6.15. The minimum Gasteiger partial charge on any atom is -0.364 e. The summed E-state index contributed by atoms with van der Waals surface area (Å²) in [6, 6.07) is 1.80. The highest BCUT2D eigenvalue weighted by atomic mass is 32.2. The van der Waals surface area contributed by atoms with E-state index >= 15 is 0 Å².